The lowest BCUT2D eigenvalue weighted by atomic mass is 9.54. The molecule has 3 nitrogen and oxygen atoms in total. The SMILES string of the molecule is CC1C(=O)C(=Cc2ccc(C#CC3(O)CCCCC3)cc2)C[C@@]2(C)C1CCC[C@@H]2O. The Kier molecular flexibility index (Phi) is 5.93. The fraction of sp³-hybridized carbons (Fsp3) is 0.593. The lowest BCUT2D eigenvalue weighted by Crippen LogP contribution is -2.51. The summed E-state index contributed by atoms with van der Waals surface area (Å²) in [6, 6.07) is 7.90. The lowest BCUT2D eigenvalue weighted by molar-refractivity contribution is -0.133. The first-order valence-corrected chi connectivity index (χ1v) is 11.6. The lowest BCUT2D eigenvalue weighted by Gasteiger charge is -2.51. The van der Waals surface area contributed by atoms with Crippen molar-refractivity contribution in [2.24, 2.45) is 17.3 Å². The third-order valence-corrected chi connectivity index (χ3v) is 7.88. The third kappa shape index (κ3) is 4.13. The molecule has 0 bridgehead atoms. The van der Waals surface area contributed by atoms with E-state index in [1.165, 1.54) is 6.42 Å². The predicted octanol–water partition coefficient (Wildman–Crippen LogP) is 4.89. The van der Waals surface area contributed by atoms with Crippen LogP contribution in [0.1, 0.15) is 82.8 Å². The van der Waals surface area contributed by atoms with Gasteiger partial charge in [0.2, 0.25) is 0 Å². The summed E-state index contributed by atoms with van der Waals surface area (Å²) in [6.07, 6.45) is 9.97. The molecule has 3 aliphatic carbocycles. The van der Waals surface area contributed by atoms with Gasteiger partial charge in [0.15, 0.2) is 5.78 Å². The van der Waals surface area contributed by atoms with Crippen LogP contribution in [-0.4, -0.2) is 27.7 Å². The van der Waals surface area contributed by atoms with E-state index < -0.39 is 5.60 Å². The first-order chi connectivity index (χ1) is 14.3. The van der Waals surface area contributed by atoms with E-state index in [0.717, 1.165) is 61.6 Å². The van der Waals surface area contributed by atoms with Crippen molar-refractivity contribution in [3.63, 3.8) is 0 Å². The molecule has 3 heteroatoms. The molecule has 0 amide bonds. The summed E-state index contributed by atoms with van der Waals surface area (Å²) in [5.74, 6) is 6.68. The molecule has 1 aromatic rings. The minimum atomic E-state index is -0.837. The van der Waals surface area contributed by atoms with Crippen LogP contribution in [0.4, 0.5) is 0 Å². The maximum absolute atomic E-state index is 13.0. The number of ketones is 1. The van der Waals surface area contributed by atoms with E-state index in [2.05, 4.69) is 18.8 Å². The van der Waals surface area contributed by atoms with Crippen molar-refractivity contribution < 1.29 is 15.0 Å². The van der Waals surface area contributed by atoms with Crippen LogP contribution in [0.25, 0.3) is 6.08 Å². The van der Waals surface area contributed by atoms with E-state index in [1.807, 2.05) is 37.3 Å². The Hall–Kier alpha value is -1.89. The summed E-state index contributed by atoms with van der Waals surface area (Å²) in [4.78, 5) is 13.0. The molecule has 160 valence electrons. The number of fused-ring (bicyclic) bond motifs is 1. The molecule has 3 aliphatic rings. The number of carbonyl (C=O) groups is 1. The van der Waals surface area contributed by atoms with Gasteiger partial charge in [0.1, 0.15) is 5.60 Å². The first-order valence-electron chi connectivity index (χ1n) is 11.6. The molecule has 30 heavy (non-hydrogen) atoms. The highest BCUT2D eigenvalue weighted by Gasteiger charge is 2.51. The third-order valence-electron chi connectivity index (χ3n) is 7.88. The minimum Gasteiger partial charge on any atom is -0.393 e. The van der Waals surface area contributed by atoms with Crippen LogP contribution in [0, 0.1) is 29.1 Å². The van der Waals surface area contributed by atoms with Gasteiger partial charge in [-0.3, -0.25) is 4.79 Å². The zero-order valence-corrected chi connectivity index (χ0v) is 18.3. The second-order valence-electron chi connectivity index (χ2n) is 10.0. The van der Waals surface area contributed by atoms with Crippen molar-refractivity contribution in [2.45, 2.75) is 83.3 Å². The van der Waals surface area contributed by atoms with Gasteiger partial charge in [0, 0.05) is 16.9 Å². The van der Waals surface area contributed by atoms with E-state index in [1.54, 1.807) is 0 Å². The molecular formula is C27H34O3. The molecule has 2 N–H and O–H groups in total. The highest BCUT2D eigenvalue weighted by atomic mass is 16.3. The Labute approximate surface area is 180 Å². The van der Waals surface area contributed by atoms with E-state index in [0.29, 0.717) is 6.42 Å². The Morgan fingerprint density at radius 2 is 1.77 bits per heavy atom. The summed E-state index contributed by atoms with van der Waals surface area (Å²) >= 11 is 0. The Morgan fingerprint density at radius 3 is 2.47 bits per heavy atom. The Morgan fingerprint density at radius 1 is 1.07 bits per heavy atom. The van der Waals surface area contributed by atoms with Gasteiger partial charge in [0.25, 0.3) is 0 Å². The van der Waals surface area contributed by atoms with E-state index in [4.69, 9.17) is 0 Å². The van der Waals surface area contributed by atoms with Crippen LogP contribution in [0.3, 0.4) is 0 Å². The molecule has 0 heterocycles. The van der Waals surface area contributed by atoms with Gasteiger partial charge in [-0.2, -0.15) is 0 Å². The molecule has 0 saturated heterocycles. The summed E-state index contributed by atoms with van der Waals surface area (Å²) in [5.41, 5.74) is 1.65. The van der Waals surface area contributed by atoms with E-state index in [9.17, 15) is 15.0 Å². The van der Waals surface area contributed by atoms with Crippen LogP contribution < -0.4 is 0 Å². The van der Waals surface area contributed by atoms with Gasteiger partial charge in [0.05, 0.1) is 6.10 Å². The summed E-state index contributed by atoms with van der Waals surface area (Å²) in [5, 5.41) is 21.3. The fourth-order valence-electron chi connectivity index (χ4n) is 5.92. The molecule has 3 fully saturated rings. The molecular weight excluding hydrogens is 372 g/mol. The van der Waals surface area contributed by atoms with Crippen molar-refractivity contribution in [3.05, 3.63) is 41.0 Å². The number of aliphatic hydroxyl groups excluding tert-OH is 1. The second-order valence-corrected chi connectivity index (χ2v) is 10.0. The molecule has 0 spiro atoms. The maximum Gasteiger partial charge on any atom is 0.161 e. The number of allylic oxidation sites excluding steroid dienone is 1. The Bertz CT molecular complexity index is 879. The van der Waals surface area contributed by atoms with E-state index in [-0.39, 0.29) is 29.1 Å². The van der Waals surface area contributed by atoms with Gasteiger partial charge in [-0.1, -0.05) is 50.7 Å². The molecule has 4 rings (SSSR count). The average molecular weight is 407 g/mol. The number of hydrogen-bond donors (Lipinski definition) is 2. The van der Waals surface area contributed by atoms with Gasteiger partial charge in [-0.25, -0.2) is 0 Å². The molecule has 2 unspecified atom stereocenters. The maximum atomic E-state index is 13.0. The largest absolute Gasteiger partial charge is 0.393 e. The van der Waals surface area contributed by atoms with E-state index >= 15 is 0 Å². The molecule has 0 aliphatic heterocycles. The van der Waals surface area contributed by atoms with Crippen LogP contribution >= 0.6 is 0 Å². The van der Waals surface area contributed by atoms with Crippen molar-refractivity contribution in [1.82, 2.24) is 0 Å². The molecule has 1 aromatic carbocycles. The quantitative estimate of drug-likeness (QED) is 0.515. The predicted molar refractivity (Wildman–Crippen MR) is 120 cm³/mol. The van der Waals surface area contributed by atoms with Crippen LogP contribution in [0.2, 0.25) is 0 Å². The zero-order valence-electron chi connectivity index (χ0n) is 18.3. The fourth-order valence-corrected chi connectivity index (χ4v) is 5.92. The van der Waals surface area contributed by atoms with Gasteiger partial charge < -0.3 is 10.2 Å². The van der Waals surface area contributed by atoms with Gasteiger partial charge in [-0.05, 0) is 80.2 Å². The average Bonchev–Trinajstić information content (AvgIpc) is 2.73. The molecule has 0 aromatic heterocycles. The van der Waals surface area contributed by atoms with Crippen LogP contribution in [-0.2, 0) is 4.79 Å². The number of rotatable bonds is 1. The monoisotopic (exact) mass is 406 g/mol. The number of hydrogen-bond acceptors (Lipinski definition) is 3. The second kappa shape index (κ2) is 8.33. The number of Topliss-reactive ketones (excluding diaryl/α,β-unsaturated/α-hetero) is 1. The first kappa shape index (κ1) is 21.3. The van der Waals surface area contributed by atoms with Gasteiger partial charge in [-0.15, -0.1) is 0 Å². The van der Waals surface area contributed by atoms with Crippen LogP contribution in [0.15, 0.2) is 29.8 Å². The number of benzene rings is 1. The summed E-state index contributed by atoms with van der Waals surface area (Å²) in [6.45, 7) is 4.19. The normalized spacial score (nSPS) is 34.7. The van der Waals surface area contributed by atoms with Gasteiger partial charge >= 0.3 is 0 Å². The van der Waals surface area contributed by atoms with Crippen molar-refractivity contribution >= 4 is 11.9 Å². The van der Waals surface area contributed by atoms with Crippen molar-refractivity contribution in [3.8, 4) is 11.8 Å². The molecule has 3 saturated carbocycles. The topological polar surface area (TPSA) is 57.5 Å². The molecule has 4 atom stereocenters. The zero-order chi connectivity index (χ0) is 21.4. The number of aliphatic hydroxyl groups is 2. The minimum absolute atomic E-state index is 0.0358. The molecule has 0 radical (unpaired) electrons. The summed E-state index contributed by atoms with van der Waals surface area (Å²) in [7, 11) is 0. The standard InChI is InChI=1S/C27H34O3/c1-19-23-7-6-8-24(28)26(23,2)18-22(25(19)29)17-21-11-9-20(10-12-21)13-16-27(30)14-4-3-5-15-27/h9-12,17,19,23-24,28,30H,3-8,14-15,18H2,1-2H3/t19?,23?,24-,26-/m0/s1. The summed E-state index contributed by atoms with van der Waals surface area (Å²) < 4.78 is 0. The smallest absolute Gasteiger partial charge is 0.161 e. The number of carbonyl (C=O) groups excluding carboxylic acids is 1. The highest BCUT2D eigenvalue weighted by molar-refractivity contribution is 6.02. The van der Waals surface area contributed by atoms with Crippen LogP contribution in [0.5, 0.6) is 0 Å². The van der Waals surface area contributed by atoms with Crippen molar-refractivity contribution in [2.75, 3.05) is 0 Å². The van der Waals surface area contributed by atoms with Crippen molar-refractivity contribution in [1.29, 1.82) is 0 Å². The highest BCUT2D eigenvalue weighted by Crippen LogP contribution is 2.53. The Balaban J connectivity index is 1.53.